The predicted octanol–water partition coefficient (Wildman–Crippen LogP) is 2.89. The largest absolute Gasteiger partial charge is 0.458 e. The molecule has 0 spiro atoms. The van der Waals surface area contributed by atoms with Crippen molar-refractivity contribution in [2.45, 2.75) is 65.8 Å². The zero-order valence-electron chi connectivity index (χ0n) is 18.1. The van der Waals surface area contributed by atoms with Gasteiger partial charge in [0.2, 0.25) is 0 Å². The highest BCUT2D eigenvalue weighted by Crippen LogP contribution is 2.11. The number of carbonyl (C=O) groups excluding carboxylic acids is 2. The number of carbonyl (C=O) groups is 2. The first-order chi connectivity index (χ1) is 14.0. The number of alkyl carbamates (subject to hydrolysis) is 1. The summed E-state index contributed by atoms with van der Waals surface area (Å²) >= 11 is 0. The van der Waals surface area contributed by atoms with E-state index in [1.807, 2.05) is 30.3 Å². The van der Waals surface area contributed by atoms with Gasteiger partial charge >= 0.3 is 17.8 Å². The van der Waals surface area contributed by atoms with Crippen molar-refractivity contribution in [1.82, 2.24) is 14.9 Å². The third-order valence-electron chi connectivity index (χ3n) is 4.18. The lowest BCUT2D eigenvalue weighted by molar-refractivity contribution is -0.157. The second-order valence-electron chi connectivity index (χ2n) is 8.05. The molecule has 162 valence electrons. The van der Waals surface area contributed by atoms with Crippen LogP contribution < -0.4 is 11.0 Å². The molecule has 0 saturated carbocycles. The van der Waals surface area contributed by atoms with E-state index in [4.69, 9.17) is 9.47 Å². The molecule has 30 heavy (non-hydrogen) atoms. The van der Waals surface area contributed by atoms with Crippen LogP contribution in [0.25, 0.3) is 0 Å². The van der Waals surface area contributed by atoms with Crippen LogP contribution in [-0.4, -0.2) is 33.3 Å². The maximum Gasteiger partial charge on any atom is 0.408 e. The molecule has 2 rings (SSSR count). The number of nitrogens with zero attached hydrogens (tertiary/aromatic N) is 2. The average molecular weight is 415 g/mol. The van der Waals surface area contributed by atoms with Crippen LogP contribution >= 0.6 is 0 Å². The highest BCUT2D eigenvalue weighted by molar-refractivity contribution is 5.81. The lowest BCUT2D eigenvalue weighted by atomic mass is 10.1. The Morgan fingerprint density at radius 3 is 2.43 bits per heavy atom. The fourth-order valence-corrected chi connectivity index (χ4v) is 2.83. The van der Waals surface area contributed by atoms with Crippen LogP contribution in [0.3, 0.4) is 0 Å². The third kappa shape index (κ3) is 7.35. The molecule has 0 bridgehead atoms. The molecule has 0 saturated heterocycles. The molecule has 0 aliphatic rings. The topological polar surface area (TPSA) is 99.5 Å². The van der Waals surface area contributed by atoms with E-state index in [2.05, 4.69) is 10.3 Å². The smallest absolute Gasteiger partial charge is 0.408 e. The van der Waals surface area contributed by atoms with Gasteiger partial charge in [-0.25, -0.2) is 14.4 Å². The Hall–Kier alpha value is -3.16. The lowest BCUT2D eigenvalue weighted by Gasteiger charge is -2.24. The molecule has 0 radical (unpaired) electrons. The lowest BCUT2D eigenvalue weighted by Crippen LogP contribution is -2.45. The molecule has 1 N–H and O–H groups in total. The van der Waals surface area contributed by atoms with Gasteiger partial charge in [0.15, 0.2) is 0 Å². The number of rotatable bonds is 7. The standard InChI is InChI=1S/C22H29N3O5/c1-15-13-16(2)25(20(27)23-15)12-11-18(19(26)30-22(3,4)5)24-21(28)29-14-17-9-7-6-8-10-17/h6-10,13,18H,11-12,14H2,1-5H3,(H,24,28)/t18-/m0/s1. The SMILES string of the molecule is Cc1cc(C)n(CC[C@H](NC(=O)OCc2ccccc2)C(=O)OC(C)(C)C)c(=O)n1. The first kappa shape index (κ1) is 23.1. The summed E-state index contributed by atoms with van der Waals surface area (Å²) in [7, 11) is 0. The first-order valence-corrected chi connectivity index (χ1v) is 9.80. The Balaban J connectivity index is 2.07. The number of nitrogens with one attached hydrogen (secondary N) is 1. The van der Waals surface area contributed by atoms with E-state index >= 15 is 0 Å². The van der Waals surface area contributed by atoms with Gasteiger partial charge in [0.05, 0.1) is 0 Å². The Labute approximate surface area is 176 Å². The first-order valence-electron chi connectivity index (χ1n) is 9.80. The van der Waals surface area contributed by atoms with Gasteiger partial charge in [-0.15, -0.1) is 0 Å². The van der Waals surface area contributed by atoms with E-state index in [9.17, 15) is 14.4 Å². The summed E-state index contributed by atoms with van der Waals surface area (Å²) < 4.78 is 12.1. The molecule has 0 aliphatic carbocycles. The Bertz CT molecular complexity index is 932. The van der Waals surface area contributed by atoms with E-state index < -0.39 is 29.4 Å². The van der Waals surface area contributed by atoms with E-state index in [0.29, 0.717) is 5.69 Å². The van der Waals surface area contributed by atoms with Crippen molar-refractivity contribution in [3.05, 3.63) is 63.8 Å². The molecular formula is C22H29N3O5. The number of esters is 1. The fraction of sp³-hybridized carbons (Fsp3) is 0.455. The van der Waals surface area contributed by atoms with Gasteiger partial charge in [-0.1, -0.05) is 30.3 Å². The molecule has 1 heterocycles. The monoisotopic (exact) mass is 415 g/mol. The maximum atomic E-state index is 12.6. The zero-order valence-corrected chi connectivity index (χ0v) is 18.1. The van der Waals surface area contributed by atoms with Crippen molar-refractivity contribution >= 4 is 12.1 Å². The van der Waals surface area contributed by atoms with Gasteiger partial charge < -0.3 is 14.8 Å². The molecule has 2 aromatic rings. The average Bonchev–Trinajstić information content (AvgIpc) is 2.64. The molecule has 0 fully saturated rings. The van der Waals surface area contributed by atoms with Gasteiger partial charge in [-0.05, 0) is 52.7 Å². The second kappa shape index (κ2) is 10.0. The quantitative estimate of drug-likeness (QED) is 0.698. The van der Waals surface area contributed by atoms with Crippen molar-refractivity contribution in [2.75, 3.05) is 0 Å². The number of aromatic nitrogens is 2. The number of amides is 1. The Kier molecular flexibility index (Phi) is 7.74. The van der Waals surface area contributed by atoms with Crippen LogP contribution in [0, 0.1) is 13.8 Å². The summed E-state index contributed by atoms with van der Waals surface area (Å²) in [4.78, 5) is 41.0. The van der Waals surface area contributed by atoms with Crippen LogP contribution in [0.5, 0.6) is 0 Å². The Morgan fingerprint density at radius 1 is 1.17 bits per heavy atom. The molecule has 0 unspecified atom stereocenters. The van der Waals surface area contributed by atoms with Crippen molar-refractivity contribution in [3.8, 4) is 0 Å². The molecule has 1 aromatic heterocycles. The minimum atomic E-state index is -0.972. The predicted molar refractivity (Wildman–Crippen MR) is 112 cm³/mol. The summed E-state index contributed by atoms with van der Waals surface area (Å²) in [6.07, 6.45) is -0.582. The summed E-state index contributed by atoms with van der Waals surface area (Å²) in [6, 6.07) is 10.0. The van der Waals surface area contributed by atoms with Gasteiger partial charge in [-0.3, -0.25) is 4.57 Å². The second-order valence-corrected chi connectivity index (χ2v) is 8.05. The molecule has 8 nitrogen and oxygen atoms in total. The van der Waals surface area contributed by atoms with Gasteiger partial charge in [0, 0.05) is 17.9 Å². The molecule has 1 aromatic carbocycles. The minimum absolute atomic E-state index is 0.0775. The van der Waals surface area contributed by atoms with Crippen LogP contribution in [0.15, 0.2) is 41.2 Å². The molecule has 1 amide bonds. The summed E-state index contributed by atoms with van der Waals surface area (Å²) in [5, 5.41) is 2.56. The highest BCUT2D eigenvalue weighted by atomic mass is 16.6. The number of benzene rings is 1. The van der Waals surface area contributed by atoms with Crippen molar-refractivity contribution in [3.63, 3.8) is 0 Å². The highest BCUT2D eigenvalue weighted by Gasteiger charge is 2.27. The van der Waals surface area contributed by atoms with Crippen LogP contribution in [0.1, 0.15) is 44.1 Å². The Morgan fingerprint density at radius 2 is 1.83 bits per heavy atom. The van der Waals surface area contributed by atoms with E-state index in [1.54, 1.807) is 40.7 Å². The zero-order chi connectivity index (χ0) is 22.3. The van der Waals surface area contributed by atoms with Crippen LogP contribution in [0.4, 0.5) is 4.79 Å². The van der Waals surface area contributed by atoms with E-state index in [-0.39, 0.29) is 19.6 Å². The van der Waals surface area contributed by atoms with Crippen molar-refractivity contribution in [1.29, 1.82) is 0 Å². The third-order valence-corrected chi connectivity index (χ3v) is 4.18. The normalized spacial score (nSPS) is 12.2. The summed E-state index contributed by atoms with van der Waals surface area (Å²) in [5.41, 5.74) is 1.06. The maximum absolute atomic E-state index is 12.6. The molecular weight excluding hydrogens is 386 g/mol. The van der Waals surface area contributed by atoms with Gasteiger partial charge in [0.25, 0.3) is 0 Å². The van der Waals surface area contributed by atoms with Gasteiger partial charge in [0.1, 0.15) is 18.2 Å². The van der Waals surface area contributed by atoms with Crippen LogP contribution in [-0.2, 0) is 27.4 Å². The number of hydrogen-bond acceptors (Lipinski definition) is 6. The van der Waals surface area contributed by atoms with E-state index in [0.717, 1.165) is 11.3 Å². The molecule has 0 aliphatic heterocycles. The fourth-order valence-electron chi connectivity index (χ4n) is 2.83. The molecule has 1 atom stereocenters. The summed E-state index contributed by atoms with van der Waals surface area (Å²) in [6.45, 7) is 9.04. The number of aryl methyl sites for hydroxylation is 2. The molecule has 8 heteroatoms. The summed E-state index contributed by atoms with van der Waals surface area (Å²) in [5.74, 6) is -0.593. The van der Waals surface area contributed by atoms with E-state index in [1.165, 1.54) is 4.57 Å². The number of hydrogen-bond donors (Lipinski definition) is 1. The number of ether oxygens (including phenoxy) is 2. The van der Waals surface area contributed by atoms with Crippen molar-refractivity contribution < 1.29 is 19.1 Å². The van der Waals surface area contributed by atoms with Gasteiger partial charge in [-0.2, -0.15) is 4.98 Å². The van der Waals surface area contributed by atoms with Crippen LogP contribution in [0.2, 0.25) is 0 Å². The minimum Gasteiger partial charge on any atom is -0.458 e. The van der Waals surface area contributed by atoms with Crippen molar-refractivity contribution in [2.24, 2.45) is 0 Å².